The van der Waals surface area contributed by atoms with Gasteiger partial charge in [-0.05, 0) is 68.1 Å². The molecule has 2 aromatic carbocycles. The van der Waals surface area contributed by atoms with Crippen LogP contribution < -0.4 is 10.6 Å². The van der Waals surface area contributed by atoms with Gasteiger partial charge in [0.15, 0.2) is 0 Å². The van der Waals surface area contributed by atoms with Gasteiger partial charge in [0.2, 0.25) is 0 Å². The summed E-state index contributed by atoms with van der Waals surface area (Å²) in [6, 6.07) is 10.2. The SMILES string of the molecule is N#Cc1cc(F)ccc1C(=O)N[C@@H]1CCC[C@H](Nc2cc(C(F)(F)F)nc3ccc(Cl)cc23)C1. The van der Waals surface area contributed by atoms with Crippen LogP contribution in [-0.2, 0) is 6.18 Å². The quantitative estimate of drug-likeness (QED) is 0.435. The number of nitrogens with zero attached hydrogens (tertiary/aromatic N) is 2. The topological polar surface area (TPSA) is 77.8 Å². The van der Waals surface area contributed by atoms with E-state index in [1.807, 2.05) is 6.07 Å². The summed E-state index contributed by atoms with van der Waals surface area (Å²) in [7, 11) is 0. The fourth-order valence-electron chi connectivity index (χ4n) is 4.20. The van der Waals surface area contributed by atoms with Crippen LogP contribution in [0, 0.1) is 17.1 Å². The van der Waals surface area contributed by atoms with Crippen LogP contribution in [0.5, 0.6) is 0 Å². The summed E-state index contributed by atoms with van der Waals surface area (Å²) in [6.07, 6.45) is -2.06. The van der Waals surface area contributed by atoms with Gasteiger partial charge in [0.1, 0.15) is 17.6 Å². The summed E-state index contributed by atoms with van der Waals surface area (Å²) < 4.78 is 53.6. The minimum absolute atomic E-state index is 0.0669. The number of aromatic nitrogens is 1. The van der Waals surface area contributed by atoms with E-state index in [2.05, 4.69) is 15.6 Å². The molecule has 0 aliphatic heterocycles. The second-order valence-corrected chi connectivity index (χ2v) is 8.63. The molecule has 4 rings (SSSR count). The van der Waals surface area contributed by atoms with Crippen molar-refractivity contribution in [2.24, 2.45) is 0 Å². The molecule has 10 heteroatoms. The van der Waals surface area contributed by atoms with Gasteiger partial charge in [-0.2, -0.15) is 18.4 Å². The number of carbonyl (C=O) groups is 1. The molecule has 2 atom stereocenters. The zero-order chi connectivity index (χ0) is 24.5. The largest absolute Gasteiger partial charge is 0.433 e. The van der Waals surface area contributed by atoms with E-state index in [0.717, 1.165) is 24.6 Å². The van der Waals surface area contributed by atoms with Crippen molar-refractivity contribution in [2.75, 3.05) is 5.32 Å². The van der Waals surface area contributed by atoms with Crippen molar-refractivity contribution < 1.29 is 22.4 Å². The molecule has 1 aliphatic carbocycles. The molecule has 1 heterocycles. The number of fused-ring (bicyclic) bond motifs is 1. The zero-order valence-corrected chi connectivity index (χ0v) is 18.5. The monoisotopic (exact) mass is 490 g/mol. The molecule has 1 aromatic heterocycles. The third-order valence-corrected chi connectivity index (χ3v) is 6.01. The van der Waals surface area contributed by atoms with E-state index >= 15 is 0 Å². The number of pyridine rings is 1. The zero-order valence-electron chi connectivity index (χ0n) is 17.7. The van der Waals surface area contributed by atoms with Crippen LogP contribution in [0.15, 0.2) is 42.5 Å². The average Bonchev–Trinajstić information content (AvgIpc) is 2.78. The van der Waals surface area contributed by atoms with E-state index in [4.69, 9.17) is 11.6 Å². The highest BCUT2D eigenvalue weighted by Crippen LogP contribution is 2.35. The Balaban J connectivity index is 1.54. The number of anilines is 1. The lowest BCUT2D eigenvalue weighted by molar-refractivity contribution is -0.140. The predicted octanol–water partition coefficient (Wildman–Crippen LogP) is 6.07. The molecule has 3 aromatic rings. The van der Waals surface area contributed by atoms with E-state index in [9.17, 15) is 27.6 Å². The van der Waals surface area contributed by atoms with Gasteiger partial charge in [-0.1, -0.05) is 11.6 Å². The molecule has 5 nitrogen and oxygen atoms in total. The lowest BCUT2D eigenvalue weighted by atomic mass is 9.90. The highest BCUT2D eigenvalue weighted by molar-refractivity contribution is 6.31. The van der Waals surface area contributed by atoms with Gasteiger partial charge in [-0.25, -0.2) is 9.37 Å². The van der Waals surface area contributed by atoms with Gasteiger partial charge >= 0.3 is 6.18 Å². The van der Waals surface area contributed by atoms with E-state index in [-0.39, 0.29) is 34.4 Å². The minimum atomic E-state index is -4.61. The predicted molar refractivity (Wildman–Crippen MR) is 120 cm³/mol. The van der Waals surface area contributed by atoms with Crippen LogP contribution in [-0.4, -0.2) is 23.0 Å². The number of benzene rings is 2. The van der Waals surface area contributed by atoms with Crippen LogP contribution in [0.3, 0.4) is 0 Å². The van der Waals surface area contributed by atoms with Gasteiger partial charge < -0.3 is 10.6 Å². The molecule has 0 spiro atoms. The molecule has 1 fully saturated rings. The molecule has 1 saturated carbocycles. The molecule has 0 unspecified atom stereocenters. The molecule has 2 N–H and O–H groups in total. The fraction of sp³-hybridized carbons (Fsp3) is 0.292. The fourth-order valence-corrected chi connectivity index (χ4v) is 4.38. The Kier molecular flexibility index (Phi) is 6.62. The Labute approximate surface area is 197 Å². The van der Waals surface area contributed by atoms with Crippen molar-refractivity contribution in [3.63, 3.8) is 0 Å². The molecule has 0 saturated heterocycles. The Morgan fingerprint density at radius 2 is 1.88 bits per heavy atom. The Hall–Kier alpha value is -3.38. The minimum Gasteiger partial charge on any atom is -0.382 e. The molecular formula is C24H19ClF4N4O. The van der Waals surface area contributed by atoms with Crippen molar-refractivity contribution in [1.82, 2.24) is 10.3 Å². The molecule has 1 amide bonds. The molecule has 0 radical (unpaired) electrons. The van der Waals surface area contributed by atoms with Gasteiger partial charge in [-0.3, -0.25) is 4.79 Å². The maximum atomic E-state index is 13.4. The molecular weight excluding hydrogens is 472 g/mol. The Morgan fingerprint density at radius 3 is 2.62 bits per heavy atom. The summed E-state index contributed by atoms with van der Waals surface area (Å²) in [5.74, 6) is -1.11. The van der Waals surface area contributed by atoms with Gasteiger partial charge in [0, 0.05) is 28.2 Å². The number of nitrogens with one attached hydrogen (secondary N) is 2. The highest BCUT2D eigenvalue weighted by atomic mass is 35.5. The molecule has 34 heavy (non-hydrogen) atoms. The summed E-state index contributed by atoms with van der Waals surface area (Å²) >= 11 is 6.06. The summed E-state index contributed by atoms with van der Waals surface area (Å²) in [5.41, 5.74) is -0.568. The number of hydrogen-bond acceptors (Lipinski definition) is 4. The second-order valence-electron chi connectivity index (χ2n) is 8.19. The molecule has 0 bridgehead atoms. The number of rotatable bonds is 4. The maximum absolute atomic E-state index is 13.4. The first-order chi connectivity index (χ1) is 16.1. The number of amides is 1. The first kappa shape index (κ1) is 23.8. The smallest absolute Gasteiger partial charge is 0.382 e. The first-order valence-electron chi connectivity index (χ1n) is 10.6. The number of carbonyl (C=O) groups excluding carboxylic acids is 1. The standard InChI is InChI=1S/C24H19ClF4N4O/c25-14-4-7-20-19(9-14)21(11-22(33-20)24(27,28)29)31-16-2-1-3-17(10-16)32-23(34)18-6-5-15(26)8-13(18)12-30/h4-9,11,16-17H,1-3,10H2,(H,31,33)(H,32,34)/t16-,17+/m0/s1. The Morgan fingerprint density at radius 1 is 1.12 bits per heavy atom. The van der Waals surface area contributed by atoms with Gasteiger partial charge in [-0.15, -0.1) is 0 Å². The van der Waals surface area contributed by atoms with Crippen molar-refractivity contribution in [3.8, 4) is 6.07 Å². The van der Waals surface area contributed by atoms with Crippen LogP contribution in [0.4, 0.5) is 23.2 Å². The summed E-state index contributed by atoms with van der Waals surface area (Å²) in [6.45, 7) is 0. The van der Waals surface area contributed by atoms with Gasteiger partial charge in [0.25, 0.3) is 5.91 Å². The van der Waals surface area contributed by atoms with Crippen LogP contribution in [0.1, 0.15) is 47.3 Å². The van der Waals surface area contributed by atoms with Crippen molar-refractivity contribution in [2.45, 2.75) is 43.9 Å². The molecule has 176 valence electrons. The van der Waals surface area contributed by atoms with Crippen molar-refractivity contribution in [1.29, 1.82) is 5.26 Å². The molecule has 1 aliphatic rings. The lowest BCUT2D eigenvalue weighted by Crippen LogP contribution is -2.42. The number of nitriles is 1. The first-order valence-corrected chi connectivity index (χ1v) is 11.0. The lowest BCUT2D eigenvalue weighted by Gasteiger charge is -2.31. The third-order valence-electron chi connectivity index (χ3n) is 5.78. The number of hydrogen-bond donors (Lipinski definition) is 2. The highest BCUT2D eigenvalue weighted by Gasteiger charge is 2.34. The van der Waals surface area contributed by atoms with Gasteiger partial charge in [0.05, 0.1) is 16.6 Å². The summed E-state index contributed by atoms with van der Waals surface area (Å²) in [5, 5.41) is 16.1. The van der Waals surface area contributed by atoms with Crippen LogP contribution in [0.2, 0.25) is 5.02 Å². The number of halogens is 5. The van der Waals surface area contributed by atoms with E-state index in [1.54, 1.807) is 6.07 Å². The van der Waals surface area contributed by atoms with E-state index < -0.39 is 23.6 Å². The number of alkyl halides is 3. The van der Waals surface area contributed by atoms with Crippen LogP contribution in [0.25, 0.3) is 10.9 Å². The maximum Gasteiger partial charge on any atom is 0.433 e. The van der Waals surface area contributed by atoms with Crippen molar-refractivity contribution in [3.05, 3.63) is 70.1 Å². The van der Waals surface area contributed by atoms with Crippen molar-refractivity contribution >= 4 is 34.1 Å². The van der Waals surface area contributed by atoms with Crippen LogP contribution >= 0.6 is 11.6 Å². The van der Waals surface area contributed by atoms with E-state index in [1.165, 1.54) is 18.2 Å². The normalized spacial score (nSPS) is 18.4. The second kappa shape index (κ2) is 9.47. The third kappa shape index (κ3) is 5.23. The Bertz CT molecular complexity index is 1290. The summed E-state index contributed by atoms with van der Waals surface area (Å²) in [4.78, 5) is 16.4. The average molecular weight is 491 g/mol. The van der Waals surface area contributed by atoms with E-state index in [0.29, 0.717) is 29.7 Å².